The molecule has 0 aliphatic carbocycles. The van der Waals surface area contributed by atoms with Gasteiger partial charge in [-0.15, -0.1) is 0 Å². The van der Waals surface area contributed by atoms with Gasteiger partial charge >= 0.3 is 11.7 Å². The lowest BCUT2D eigenvalue weighted by atomic mass is 10.0. The maximum Gasteiger partial charge on any atom is 0.335 e. The molecule has 0 saturated carbocycles. The number of ether oxygens (including phenoxy) is 2. The fourth-order valence-corrected chi connectivity index (χ4v) is 4.89. The standard InChI is InChI=1S/C29H28Cl2N4O6/c1-32-18-9-12-24-20(16-18)27(37)35(29(39)34(24)2)19-10-7-17(8-11-19)15-23(28(38)41-14-13-40-3)33-26(36)25-21(30)5-4-6-22(25)31/h4-12,16,23,32H,13-15H2,1-3H3,(H,33,36)/t23-/m0/s1. The summed E-state index contributed by atoms with van der Waals surface area (Å²) in [5.74, 6) is -1.32. The van der Waals surface area contributed by atoms with Gasteiger partial charge in [0.1, 0.15) is 12.6 Å². The molecule has 12 heteroatoms. The highest BCUT2D eigenvalue weighted by molar-refractivity contribution is 6.39. The van der Waals surface area contributed by atoms with E-state index in [1.807, 2.05) is 0 Å². The minimum absolute atomic E-state index is 0.00304. The number of halogens is 2. The monoisotopic (exact) mass is 598 g/mol. The number of rotatable bonds is 10. The summed E-state index contributed by atoms with van der Waals surface area (Å²) < 4.78 is 12.7. The van der Waals surface area contributed by atoms with Gasteiger partial charge in [-0.3, -0.25) is 14.2 Å². The molecular formula is C29H28Cl2N4O6. The Morgan fingerprint density at radius 1 is 0.976 bits per heavy atom. The predicted molar refractivity (Wildman–Crippen MR) is 159 cm³/mol. The summed E-state index contributed by atoms with van der Waals surface area (Å²) in [6.45, 7) is 0.180. The maximum atomic E-state index is 13.3. The molecule has 0 fully saturated rings. The van der Waals surface area contributed by atoms with Crippen molar-refractivity contribution in [2.24, 2.45) is 7.05 Å². The maximum absolute atomic E-state index is 13.3. The van der Waals surface area contributed by atoms with Gasteiger partial charge in [0.25, 0.3) is 11.5 Å². The van der Waals surface area contributed by atoms with E-state index in [0.717, 1.165) is 10.3 Å². The second-order valence-electron chi connectivity index (χ2n) is 9.12. The van der Waals surface area contributed by atoms with E-state index >= 15 is 0 Å². The molecule has 4 rings (SSSR count). The molecule has 1 heterocycles. The van der Waals surface area contributed by atoms with Crippen LogP contribution in [0.25, 0.3) is 16.6 Å². The number of esters is 1. The zero-order valence-corrected chi connectivity index (χ0v) is 24.1. The Kier molecular flexibility index (Phi) is 9.49. The van der Waals surface area contributed by atoms with Crippen molar-refractivity contribution in [2.45, 2.75) is 12.5 Å². The quantitative estimate of drug-likeness (QED) is 0.211. The Bertz CT molecular complexity index is 1700. The van der Waals surface area contributed by atoms with E-state index < -0.39 is 29.2 Å². The number of aryl methyl sites for hydroxylation is 1. The van der Waals surface area contributed by atoms with Crippen LogP contribution in [-0.2, 0) is 27.7 Å². The second kappa shape index (κ2) is 13.0. The molecule has 0 aliphatic heterocycles. The highest BCUT2D eigenvalue weighted by Crippen LogP contribution is 2.24. The molecule has 1 aromatic heterocycles. The summed E-state index contributed by atoms with van der Waals surface area (Å²) in [6.07, 6.45) is 0.0517. The molecule has 1 atom stereocenters. The molecule has 1 amide bonds. The Balaban J connectivity index is 1.64. The Hall–Kier alpha value is -4.12. The lowest BCUT2D eigenvalue weighted by molar-refractivity contribution is -0.147. The fourth-order valence-electron chi connectivity index (χ4n) is 4.32. The summed E-state index contributed by atoms with van der Waals surface area (Å²) in [7, 11) is 4.82. The molecule has 0 saturated heterocycles. The van der Waals surface area contributed by atoms with E-state index in [1.165, 1.54) is 23.8 Å². The van der Waals surface area contributed by atoms with Crippen molar-refractivity contribution in [3.05, 3.63) is 103 Å². The molecular weight excluding hydrogens is 571 g/mol. The lowest BCUT2D eigenvalue weighted by Crippen LogP contribution is -2.44. The number of methoxy groups -OCH3 is 1. The van der Waals surface area contributed by atoms with E-state index in [0.29, 0.717) is 22.2 Å². The van der Waals surface area contributed by atoms with Crippen molar-refractivity contribution in [1.82, 2.24) is 14.5 Å². The van der Waals surface area contributed by atoms with Crippen LogP contribution in [0.4, 0.5) is 5.69 Å². The number of hydrogen-bond donors (Lipinski definition) is 2. The Morgan fingerprint density at radius 3 is 2.29 bits per heavy atom. The lowest BCUT2D eigenvalue weighted by Gasteiger charge is -2.19. The SMILES string of the molecule is CNc1ccc2c(c1)c(=O)n(-c1ccc(C[C@H](NC(=O)c3c(Cl)cccc3Cl)C(=O)OCCOC)cc1)c(=O)n2C. The summed E-state index contributed by atoms with van der Waals surface area (Å²) >= 11 is 12.4. The molecule has 4 aromatic rings. The van der Waals surface area contributed by atoms with Crippen molar-refractivity contribution in [3.8, 4) is 5.69 Å². The van der Waals surface area contributed by atoms with Crippen molar-refractivity contribution in [1.29, 1.82) is 0 Å². The summed E-state index contributed by atoms with van der Waals surface area (Å²) in [5.41, 5.74) is 1.30. The van der Waals surface area contributed by atoms with Gasteiger partial charge in [-0.05, 0) is 48.0 Å². The number of anilines is 1. The highest BCUT2D eigenvalue weighted by Gasteiger charge is 2.26. The number of carbonyl (C=O) groups is 2. The van der Waals surface area contributed by atoms with Crippen LogP contribution >= 0.6 is 23.2 Å². The minimum atomic E-state index is -1.09. The number of fused-ring (bicyclic) bond motifs is 1. The first kappa shape index (κ1) is 29.9. The van der Waals surface area contributed by atoms with Crippen LogP contribution in [0, 0.1) is 0 Å². The molecule has 41 heavy (non-hydrogen) atoms. The Labute approximate surface area is 245 Å². The van der Waals surface area contributed by atoms with Crippen LogP contribution in [-0.4, -0.2) is 54.4 Å². The number of hydrogen-bond acceptors (Lipinski definition) is 7. The number of nitrogens with zero attached hydrogens (tertiary/aromatic N) is 2. The van der Waals surface area contributed by atoms with Gasteiger partial charge in [0.15, 0.2) is 0 Å². The minimum Gasteiger partial charge on any atom is -0.462 e. The third kappa shape index (κ3) is 6.45. The summed E-state index contributed by atoms with van der Waals surface area (Å²) in [4.78, 5) is 52.4. The molecule has 2 N–H and O–H groups in total. The van der Waals surface area contributed by atoms with Crippen LogP contribution < -0.4 is 21.9 Å². The van der Waals surface area contributed by atoms with Crippen molar-refractivity contribution in [3.63, 3.8) is 0 Å². The number of aromatic nitrogens is 2. The molecule has 0 bridgehead atoms. The molecule has 0 unspecified atom stereocenters. The normalized spacial score (nSPS) is 11.7. The van der Waals surface area contributed by atoms with Gasteiger partial charge in [-0.25, -0.2) is 14.2 Å². The van der Waals surface area contributed by atoms with Gasteiger partial charge in [0.2, 0.25) is 0 Å². The van der Waals surface area contributed by atoms with Crippen molar-refractivity contribution >= 4 is 51.7 Å². The summed E-state index contributed by atoms with van der Waals surface area (Å²) in [6, 6.07) is 15.3. The van der Waals surface area contributed by atoms with E-state index in [-0.39, 0.29) is 35.2 Å². The number of benzene rings is 3. The largest absolute Gasteiger partial charge is 0.462 e. The van der Waals surface area contributed by atoms with Crippen LogP contribution in [0.3, 0.4) is 0 Å². The zero-order chi connectivity index (χ0) is 29.7. The van der Waals surface area contributed by atoms with E-state index in [2.05, 4.69) is 10.6 Å². The smallest absolute Gasteiger partial charge is 0.335 e. The van der Waals surface area contributed by atoms with Gasteiger partial charge < -0.3 is 20.1 Å². The van der Waals surface area contributed by atoms with Crippen LogP contribution in [0.5, 0.6) is 0 Å². The molecule has 0 aliphatic rings. The molecule has 10 nitrogen and oxygen atoms in total. The van der Waals surface area contributed by atoms with Gasteiger partial charge in [0.05, 0.1) is 38.8 Å². The third-order valence-electron chi connectivity index (χ3n) is 6.50. The zero-order valence-electron chi connectivity index (χ0n) is 22.6. The first-order valence-electron chi connectivity index (χ1n) is 12.6. The molecule has 3 aromatic carbocycles. The van der Waals surface area contributed by atoms with E-state index in [1.54, 1.807) is 62.6 Å². The topological polar surface area (TPSA) is 121 Å². The first-order valence-corrected chi connectivity index (χ1v) is 13.3. The fraction of sp³-hybridized carbons (Fsp3) is 0.241. The van der Waals surface area contributed by atoms with Gasteiger partial charge in [0, 0.05) is 33.3 Å². The molecule has 0 radical (unpaired) electrons. The predicted octanol–water partition coefficient (Wildman–Crippen LogP) is 3.57. The average molecular weight is 599 g/mol. The van der Waals surface area contributed by atoms with Crippen LogP contribution in [0.1, 0.15) is 15.9 Å². The number of nitrogens with one attached hydrogen (secondary N) is 2. The summed E-state index contributed by atoms with van der Waals surface area (Å²) in [5, 5.41) is 6.30. The second-order valence-corrected chi connectivity index (χ2v) is 9.93. The molecule has 214 valence electrons. The average Bonchev–Trinajstić information content (AvgIpc) is 2.96. The molecule has 0 spiro atoms. The van der Waals surface area contributed by atoms with Crippen molar-refractivity contribution < 1.29 is 19.1 Å². The van der Waals surface area contributed by atoms with Crippen LogP contribution in [0.2, 0.25) is 10.0 Å². The van der Waals surface area contributed by atoms with Crippen LogP contribution in [0.15, 0.2) is 70.3 Å². The highest BCUT2D eigenvalue weighted by atomic mass is 35.5. The van der Waals surface area contributed by atoms with Gasteiger partial charge in [-0.2, -0.15) is 0 Å². The van der Waals surface area contributed by atoms with E-state index in [9.17, 15) is 19.2 Å². The third-order valence-corrected chi connectivity index (χ3v) is 7.13. The van der Waals surface area contributed by atoms with E-state index in [4.69, 9.17) is 32.7 Å². The van der Waals surface area contributed by atoms with Crippen molar-refractivity contribution in [2.75, 3.05) is 32.7 Å². The van der Waals surface area contributed by atoms with Gasteiger partial charge in [-0.1, -0.05) is 41.4 Å². The number of carbonyl (C=O) groups excluding carboxylic acids is 2. The first-order chi connectivity index (χ1) is 19.7. The number of amides is 1. The Morgan fingerprint density at radius 2 is 1.66 bits per heavy atom.